The molecule has 0 bridgehead atoms. The van der Waals surface area contributed by atoms with Crippen LogP contribution in [0.4, 0.5) is 0 Å². The van der Waals surface area contributed by atoms with E-state index in [1.807, 2.05) is 44.7 Å². The number of benzene rings is 1. The lowest BCUT2D eigenvalue weighted by Crippen LogP contribution is -2.50. The number of likely N-dealkylation sites (N-methyl/N-ethyl adjacent to an activating group) is 1. The van der Waals surface area contributed by atoms with E-state index in [-0.39, 0.29) is 5.97 Å². The van der Waals surface area contributed by atoms with Crippen LogP contribution >= 0.6 is 11.6 Å². The third kappa shape index (κ3) is 4.55. The summed E-state index contributed by atoms with van der Waals surface area (Å²) < 4.78 is 0. The summed E-state index contributed by atoms with van der Waals surface area (Å²) in [5.74, 6) is -0.368. The third-order valence-electron chi connectivity index (χ3n) is 3.56. The summed E-state index contributed by atoms with van der Waals surface area (Å²) in [6.45, 7) is 11.0. The number of carbonyl (C=O) groups excluding carboxylic acids is 1. The van der Waals surface area contributed by atoms with Crippen LogP contribution in [0.2, 0.25) is 5.02 Å². The SMILES string of the molecule is CCN(CC)C(C)(C)C(=O)O/N=C(\C)c1cccc(Cl)c1. The molecule has 0 heterocycles. The fourth-order valence-electron chi connectivity index (χ4n) is 2.13. The fraction of sp³-hybridized carbons (Fsp3) is 0.500. The van der Waals surface area contributed by atoms with Crippen molar-refractivity contribution in [3.63, 3.8) is 0 Å². The normalized spacial score (nSPS) is 12.6. The molecule has 0 amide bonds. The Morgan fingerprint density at radius 1 is 1.33 bits per heavy atom. The minimum absolute atomic E-state index is 0.368. The van der Waals surface area contributed by atoms with Crippen LogP contribution in [0.25, 0.3) is 0 Å². The first kappa shape index (κ1) is 17.7. The van der Waals surface area contributed by atoms with Crippen LogP contribution in [-0.4, -0.2) is 35.2 Å². The van der Waals surface area contributed by atoms with Crippen molar-refractivity contribution in [2.24, 2.45) is 5.16 Å². The fourth-order valence-corrected chi connectivity index (χ4v) is 2.32. The molecule has 1 aromatic carbocycles. The number of hydrogen-bond acceptors (Lipinski definition) is 4. The van der Waals surface area contributed by atoms with E-state index in [1.54, 1.807) is 19.1 Å². The van der Waals surface area contributed by atoms with Gasteiger partial charge in [-0.15, -0.1) is 0 Å². The van der Waals surface area contributed by atoms with Gasteiger partial charge in [-0.3, -0.25) is 4.90 Å². The van der Waals surface area contributed by atoms with Crippen molar-refractivity contribution in [1.82, 2.24) is 4.90 Å². The Bertz CT molecular complexity index is 523. The number of nitrogens with zero attached hydrogens (tertiary/aromatic N) is 2. The largest absolute Gasteiger partial charge is 0.354 e. The summed E-state index contributed by atoms with van der Waals surface area (Å²) in [6, 6.07) is 7.27. The van der Waals surface area contributed by atoms with E-state index in [0.29, 0.717) is 10.7 Å². The Kier molecular flexibility index (Phi) is 6.37. The minimum Gasteiger partial charge on any atom is -0.316 e. The molecule has 0 aromatic heterocycles. The maximum absolute atomic E-state index is 12.2. The summed E-state index contributed by atoms with van der Waals surface area (Å²) in [7, 11) is 0. The monoisotopic (exact) mass is 310 g/mol. The van der Waals surface area contributed by atoms with Crippen LogP contribution in [0.5, 0.6) is 0 Å². The van der Waals surface area contributed by atoms with Crippen LogP contribution in [-0.2, 0) is 9.63 Å². The number of hydrogen-bond donors (Lipinski definition) is 0. The molecule has 0 saturated carbocycles. The zero-order valence-electron chi connectivity index (χ0n) is 13.3. The molecule has 0 radical (unpaired) electrons. The average molecular weight is 311 g/mol. The van der Waals surface area contributed by atoms with Gasteiger partial charge in [0.05, 0.1) is 5.71 Å². The quantitative estimate of drug-likeness (QED) is 0.457. The topological polar surface area (TPSA) is 41.9 Å². The van der Waals surface area contributed by atoms with Crippen molar-refractivity contribution < 1.29 is 9.63 Å². The Morgan fingerprint density at radius 3 is 2.48 bits per heavy atom. The molecule has 0 unspecified atom stereocenters. The molecule has 1 rings (SSSR count). The van der Waals surface area contributed by atoms with Crippen molar-refractivity contribution >= 4 is 23.3 Å². The molecule has 5 heteroatoms. The van der Waals surface area contributed by atoms with E-state index in [9.17, 15) is 4.79 Å². The molecule has 21 heavy (non-hydrogen) atoms. The molecule has 116 valence electrons. The molecule has 0 aliphatic heterocycles. The molecule has 0 fully saturated rings. The standard InChI is InChI=1S/C16H23ClN2O2/c1-6-19(7-2)16(4,5)15(20)21-18-12(3)13-9-8-10-14(17)11-13/h8-11H,6-7H2,1-5H3/b18-12+. The number of rotatable bonds is 6. The zero-order chi connectivity index (χ0) is 16.0. The summed E-state index contributed by atoms with van der Waals surface area (Å²) >= 11 is 5.93. The highest BCUT2D eigenvalue weighted by Crippen LogP contribution is 2.17. The highest BCUT2D eigenvalue weighted by molar-refractivity contribution is 6.31. The summed E-state index contributed by atoms with van der Waals surface area (Å²) in [4.78, 5) is 19.4. The highest BCUT2D eigenvalue weighted by atomic mass is 35.5. The lowest BCUT2D eigenvalue weighted by atomic mass is 10.0. The first-order valence-electron chi connectivity index (χ1n) is 7.10. The van der Waals surface area contributed by atoms with Crippen LogP contribution in [0, 0.1) is 0 Å². The van der Waals surface area contributed by atoms with Gasteiger partial charge in [-0.1, -0.05) is 42.7 Å². The molecule has 0 saturated heterocycles. The van der Waals surface area contributed by atoms with Gasteiger partial charge >= 0.3 is 5.97 Å². The lowest BCUT2D eigenvalue weighted by Gasteiger charge is -2.33. The second-order valence-corrected chi connectivity index (χ2v) is 5.73. The lowest BCUT2D eigenvalue weighted by molar-refractivity contribution is -0.156. The predicted molar refractivity (Wildman–Crippen MR) is 86.8 cm³/mol. The van der Waals surface area contributed by atoms with Crippen molar-refractivity contribution in [1.29, 1.82) is 0 Å². The predicted octanol–water partition coefficient (Wildman–Crippen LogP) is 3.73. The molecule has 1 aromatic rings. The number of carbonyl (C=O) groups is 1. The molecule has 4 nitrogen and oxygen atoms in total. The Morgan fingerprint density at radius 2 is 1.95 bits per heavy atom. The second kappa shape index (κ2) is 7.57. The van der Waals surface area contributed by atoms with Gasteiger partial charge in [0.25, 0.3) is 0 Å². The molecular weight excluding hydrogens is 288 g/mol. The first-order chi connectivity index (χ1) is 9.82. The minimum atomic E-state index is -0.707. The van der Waals surface area contributed by atoms with E-state index < -0.39 is 5.54 Å². The van der Waals surface area contributed by atoms with Gasteiger partial charge in [0.2, 0.25) is 0 Å². The summed E-state index contributed by atoms with van der Waals surface area (Å²) in [5, 5.41) is 4.56. The van der Waals surface area contributed by atoms with Crippen LogP contribution in [0.1, 0.15) is 40.2 Å². The van der Waals surface area contributed by atoms with Gasteiger partial charge in [0.15, 0.2) is 0 Å². The number of halogens is 1. The van der Waals surface area contributed by atoms with Gasteiger partial charge in [-0.05, 0) is 46.0 Å². The van der Waals surface area contributed by atoms with Gasteiger partial charge in [-0.2, -0.15) is 0 Å². The van der Waals surface area contributed by atoms with Crippen LogP contribution in [0.3, 0.4) is 0 Å². The maximum atomic E-state index is 12.2. The molecule has 0 aliphatic carbocycles. The Hall–Kier alpha value is -1.39. The summed E-state index contributed by atoms with van der Waals surface area (Å²) in [5.41, 5.74) is 0.735. The highest BCUT2D eigenvalue weighted by Gasteiger charge is 2.35. The molecule has 0 spiro atoms. The molecule has 0 aliphatic rings. The second-order valence-electron chi connectivity index (χ2n) is 5.30. The zero-order valence-corrected chi connectivity index (χ0v) is 14.1. The van der Waals surface area contributed by atoms with Crippen molar-refractivity contribution in [2.75, 3.05) is 13.1 Å². The van der Waals surface area contributed by atoms with E-state index in [4.69, 9.17) is 16.4 Å². The Labute approximate surface area is 131 Å². The van der Waals surface area contributed by atoms with Gasteiger partial charge in [0.1, 0.15) is 5.54 Å². The first-order valence-corrected chi connectivity index (χ1v) is 7.47. The van der Waals surface area contributed by atoms with Gasteiger partial charge in [0, 0.05) is 10.6 Å². The molecule has 0 atom stereocenters. The smallest absolute Gasteiger partial charge is 0.316 e. The molecular formula is C16H23ClN2O2. The van der Waals surface area contributed by atoms with Gasteiger partial charge in [-0.25, -0.2) is 4.79 Å². The van der Waals surface area contributed by atoms with E-state index in [1.165, 1.54) is 0 Å². The van der Waals surface area contributed by atoms with Gasteiger partial charge < -0.3 is 4.84 Å². The maximum Gasteiger partial charge on any atom is 0.354 e. The molecule has 0 N–H and O–H groups in total. The van der Waals surface area contributed by atoms with Crippen molar-refractivity contribution in [2.45, 2.75) is 40.2 Å². The summed E-state index contributed by atoms with van der Waals surface area (Å²) in [6.07, 6.45) is 0. The van der Waals surface area contributed by atoms with Crippen molar-refractivity contribution in [3.8, 4) is 0 Å². The average Bonchev–Trinajstić information content (AvgIpc) is 2.45. The van der Waals surface area contributed by atoms with E-state index in [0.717, 1.165) is 18.7 Å². The van der Waals surface area contributed by atoms with Crippen molar-refractivity contribution in [3.05, 3.63) is 34.9 Å². The Balaban J connectivity index is 2.81. The van der Waals surface area contributed by atoms with E-state index in [2.05, 4.69) is 5.16 Å². The number of oxime groups is 1. The van der Waals surface area contributed by atoms with E-state index >= 15 is 0 Å². The van der Waals surface area contributed by atoms with Crippen LogP contribution in [0.15, 0.2) is 29.4 Å². The van der Waals surface area contributed by atoms with Crippen LogP contribution < -0.4 is 0 Å². The third-order valence-corrected chi connectivity index (χ3v) is 3.80.